The molecule has 1 aromatic carbocycles. The van der Waals surface area contributed by atoms with E-state index in [2.05, 4.69) is 52.1 Å². The highest BCUT2D eigenvalue weighted by Crippen LogP contribution is 2.29. The molecule has 1 aromatic rings. The Kier molecular flexibility index (Phi) is 6.35. The Bertz CT molecular complexity index is 393. The van der Waals surface area contributed by atoms with Crippen molar-refractivity contribution in [1.29, 1.82) is 0 Å². The fraction of sp³-hybridized carbons (Fsp3) is 0.647. The largest absolute Gasteiger partial charge is 0.310 e. The Morgan fingerprint density at radius 1 is 1.26 bits per heavy atom. The lowest BCUT2D eigenvalue weighted by atomic mass is 9.87. The standard InChI is InChI=1S/C17H28ClN/c1-6-11-19-16(9-10-17(3,4)5)14-7-8-15(18)13(2)12-14/h7-8,12,16,19H,6,9-11H2,1-5H3. The van der Waals surface area contributed by atoms with Crippen LogP contribution >= 0.6 is 11.6 Å². The van der Waals surface area contributed by atoms with E-state index in [0.29, 0.717) is 11.5 Å². The van der Waals surface area contributed by atoms with Gasteiger partial charge >= 0.3 is 0 Å². The lowest BCUT2D eigenvalue weighted by molar-refractivity contribution is 0.332. The Labute approximate surface area is 123 Å². The summed E-state index contributed by atoms with van der Waals surface area (Å²) in [5, 5.41) is 4.52. The van der Waals surface area contributed by atoms with Crippen LogP contribution in [0.5, 0.6) is 0 Å². The first-order chi connectivity index (χ1) is 8.83. The van der Waals surface area contributed by atoms with Crippen LogP contribution in [0, 0.1) is 12.3 Å². The zero-order valence-electron chi connectivity index (χ0n) is 13.0. The minimum Gasteiger partial charge on any atom is -0.310 e. The molecule has 1 nitrogen and oxygen atoms in total. The number of aryl methyl sites for hydroxylation is 1. The average Bonchev–Trinajstić information content (AvgIpc) is 2.32. The van der Waals surface area contributed by atoms with E-state index >= 15 is 0 Å². The van der Waals surface area contributed by atoms with Crippen molar-refractivity contribution in [2.45, 2.75) is 59.9 Å². The van der Waals surface area contributed by atoms with Crippen LogP contribution in [0.4, 0.5) is 0 Å². The molecule has 108 valence electrons. The molecule has 1 unspecified atom stereocenters. The van der Waals surface area contributed by atoms with E-state index in [9.17, 15) is 0 Å². The van der Waals surface area contributed by atoms with Crippen molar-refractivity contribution >= 4 is 11.6 Å². The zero-order valence-corrected chi connectivity index (χ0v) is 13.8. The van der Waals surface area contributed by atoms with E-state index in [1.165, 1.54) is 30.4 Å². The van der Waals surface area contributed by atoms with Gasteiger partial charge < -0.3 is 5.32 Å². The van der Waals surface area contributed by atoms with Crippen LogP contribution in [0.1, 0.15) is 64.1 Å². The van der Waals surface area contributed by atoms with E-state index in [1.54, 1.807) is 0 Å². The van der Waals surface area contributed by atoms with Gasteiger partial charge in [0.25, 0.3) is 0 Å². The van der Waals surface area contributed by atoms with E-state index in [-0.39, 0.29) is 0 Å². The van der Waals surface area contributed by atoms with Crippen molar-refractivity contribution < 1.29 is 0 Å². The van der Waals surface area contributed by atoms with Gasteiger partial charge in [0.2, 0.25) is 0 Å². The molecular weight excluding hydrogens is 254 g/mol. The Morgan fingerprint density at radius 2 is 1.95 bits per heavy atom. The minimum atomic E-state index is 0.383. The van der Waals surface area contributed by atoms with Crippen molar-refractivity contribution in [3.63, 3.8) is 0 Å². The normalized spacial score (nSPS) is 13.6. The molecule has 0 bridgehead atoms. The Hall–Kier alpha value is -0.530. The minimum absolute atomic E-state index is 0.383. The highest BCUT2D eigenvalue weighted by atomic mass is 35.5. The van der Waals surface area contributed by atoms with Crippen molar-refractivity contribution in [2.75, 3.05) is 6.54 Å². The van der Waals surface area contributed by atoms with Crippen LogP contribution in [0.15, 0.2) is 18.2 Å². The van der Waals surface area contributed by atoms with Gasteiger partial charge in [0.1, 0.15) is 0 Å². The van der Waals surface area contributed by atoms with Gasteiger partial charge in [-0.3, -0.25) is 0 Å². The summed E-state index contributed by atoms with van der Waals surface area (Å²) >= 11 is 6.12. The molecule has 0 fully saturated rings. The van der Waals surface area contributed by atoms with Crippen LogP contribution in [0.25, 0.3) is 0 Å². The maximum absolute atomic E-state index is 6.12. The first-order valence-electron chi connectivity index (χ1n) is 7.33. The van der Waals surface area contributed by atoms with Gasteiger partial charge in [-0.2, -0.15) is 0 Å². The molecule has 19 heavy (non-hydrogen) atoms. The summed E-state index contributed by atoms with van der Waals surface area (Å²) in [4.78, 5) is 0. The molecule has 0 saturated carbocycles. The van der Waals surface area contributed by atoms with E-state index < -0.39 is 0 Å². The molecule has 1 atom stereocenters. The molecule has 0 spiro atoms. The van der Waals surface area contributed by atoms with Gasteiger partial charge in [-0.15, -0.1) is 0 Å². The van der Waals surface area contributed by atoms with Crippen LogP contribution in [0.2, 0.25) is 5.02 Å². The number of hydrogen-bond donors (Lipinski definition) is 1. The fourth-order valence-corrected chi connectivity index (χ4v) is 2.28. The van der Waals surface area contributed by atoms with Crippen molar-refractivity contribution in [3.8, 4) is 0 Å². The van der Waals surface area contributed by atoms with Gasteiger partial charge in [0, 0.05) is 11.1 Å². The summed E-state index contributed by atoms with van der Waals surface area (Å²) < 4.78 is 0. The first kappa shape index (κ1) is 16.5. The number of halogens is 1. The Balaban J connectivity index is 2.79. The second kappa shape index (κ2) is 7.31. The third-order valence-corrected chi connectivity index (χ3v) is 3.83. The van der Waals surface area contributed by atoms with Gasteiger partial charge in [-0.05, 0) is 55.3 Å². The highest BCUT2D eigenvalue weighted by molar-refractivity contribution is 6.31. The number of nitrogens with one attached hydrogen (secondary N) is 1. The molecular formula is C17H28ClN. The predicted molar refractivity (Wildman–Crippen MR) is 85.9 cm³/mol. The predicted octanol–water partition coefficient (Wildman–Crippen LogP) is 5.52. The van der Waals surface area contributed by atoms with E-state index in [4.69, 9.17) is 11.6 Å². The summed E-state index contributed by atoms with van der Waals surface area (Å²) in [6.45, 7) is 12.3. The van der Waals surface area contributed by atoms with Crippen molar-refractivity contribution in [3.05, 3.63) is 34.3 Å². The summed E-state index contributed by atoms with van der Waals surface area (Å²) in [6.07, 6.45) is 3.55. The average molecular weight is 282 g/mol. The molecule has 2 heteroatoms. The molecule has 0 aromatic heterocycles. The topological polar surface area (TPSA) is 12.0 Å². The molecule has 0 amide bonds. The third kappa shape index (κ3) is 5.97. The lowest BCUT2D eigenvalue weighted by Crippen LogP contribution is -2.23. The second-order valence-electron chi connectivity index (χ2n) is 6.61. The monoisotopic (exact) mass is 281 g/mol. The SMILES string of the molecule is CCCNC(CCC(C)(C)C)c1ccc(Cl)c(C)c1. The molecule has 1 N–H and O–H groups in total. The van der Waals surface area contributed by atoms with Crippen LogP contribution in [-0.2, 0) is 0 Å². The molecule has 0 radical (unpaired) electrons. The summed E-state index contributed by atoms with van der Waals surface area (Å²) in [5.41, 5.74) is 2.91. The van der Waals surface area contributed by atoms with E-state index in [0.717, 1.165) is 11.6 Å². The summed E-state index contributed by atoms with van der Waals surface area (Å²) in [6, 6.07) is 6.84. The van der Waals surface area contributed by atoms with Crippen LogP contribution < -0.4 is 5.32 Å². The molecule has 0 aliphatic heterocycles. The zero-order chi connectivity index (χ0) is 14.5. The van der Waals surface area contributed by atoms with Crippen LogP contribution in [0.3, 0.4) is 0 Å². The second-order valence-corrected chi connectivity index (χ2v) is 7.02. The number of hydrogen-bond acceptors (Lipinski definition) is 1. The van der Waals surface area contributed by atoms with Gasteiger partial charge in [-0.1, -0.05) is 51.4 Å². The number of benzene rings is 1. The third-order valence-electron chi connectivity index (χ3n) is 3.41. The Morgan fingerprint density at radius 3 is 2.47 bits per heavy atom. The highest BCUT2D eigenvalue weighted by Gasteiger charge is 2.16. The maximum Gasteiger partial charge on any atom is 0.0435 e. The number of rotatable bonds is 6. The van der Waals surface area contributed by atoms with Gasteiger partial charge in [0.15, 0.2) is 0 Å². The quantitative estimate of drug-likeness (QED) is 0.724. The lowest BCUT2D eigenvalue weighted by Gasteiger charge is -2.25. The van der Waals surface area contributed by atoms with Gasteiger partial charge in [0.05, 0.1) is 0 Å². The molecule has 0 aliphatic carbocycles. The van der Waals surface area contributed by atoms with Crippen molar-refractivity contribution in [1.82, 2.24) is 5.32 Å². The maximum atomic E-state index is 6.12. The molecule has 0 heterocycles. The van der Waals surface area contributed by atoms with Crippen molar-refractivity contribution in [2.24, 2.45) is 5.41 Å². The summed E-state index contributed by atoms with van der Waals surface area (Å²) in [7, 11) is 0. The van der Waals surface area contributed by atoms with Crippen LogP contribution in [-0.4, -0.2) is 6.54 Å². The smallest absolute Gasteiger partial charge is 0.0435 e. The molecule has 1 rings (SSSR count). The molecule has 0 aliphatic rings. The van der Waals surface area contributed by atoms with E-state index in [1.807, 2.05) is 6.07 Å². The summed E-state index contributed by atoms with van der Waals surface area (Å²) in [5.74, 6) is 0. The van der Waals surface area contributed by atoms with Gasteiger partial charge in [-0.25, -0.2) is 0 Å². The fourth-order valence-electron chi connectivity index (χ4n) is 2.17. The first-order valence-corrected chi connectivity index (χ1v) is 7.70. The molecule has 0 saturated heterocycles.